The topological polar surface area (TPSA) is 119 Å². The highest BCUT2D eigenvalue weighted by molar-refractivity contribution is 6.04. The molecule has 3 aromatic rings. The summed E-state index contributed by atoms with van der Waals surface area (Å²) in [7, 11) is 0. The quantitative estimate of drug-likeness (QED) is 0.428. The highest BCUT2D eigenvalue weighted by Gasteiger charge is 2.16. The monoisotopic (exact) mass is 476 g/mol. The van der Waals surface area contributed by atoms with Gasteiger partial charge in [-0.1, -0.05) is 6.07 Å². The highest BCUT2D eigenvalue weighted by Crippen LogP contribution is 2.17. The van der Waals surface area contributed by atoms with Gasteiger partial charge in [-0.05, 0) is 80.9 Å². The molecule has 182 valence electrons. The SMILES string of the molecule is CC(C)(C)OC(=O)Nc1ccc(NC(=O)c2ccc(NC(=O)COCc3cccnc3)cc2)cc1. The first-order valence-corrected chi connectivity index (χ1v) is 11.0. The molecule has 1 heterocycles. The maximum absolute atomic E-state index is 12.5. The Morgan fingerprint density at radius 3 is 2.03 bits per heavy atom. The second-order valence-electron chi connectivity index (χ2n) is 8.64. The standard InChI is InChI=1S/C26H28N4O5/c1-26(2,3)35-25(33)30-22-12-10-21(11-13-22)29-24(32)19-6-8-20(9-7-19)28-23(31)17-34-16-18-5-4-14-27-15-18/h4-15H,16-17H2,1-3H3,(H,28,31)(H,29,32)(H,30,33). The Kier molecular flexibility index (Phi) is 8.53. The van der Waals surface area contributed by atoms with E-state index >= 15 is 0 Å². The molecule has 0 radical (unpaired) electrons. The summed E-state index contributed by atoms with van der Waals surface area (Å²) in [6.45, 7) is 5.54. The van der Waals surface area contributed by atoms with Crippen molar-refractivity contribution in [2.75, 3.05) is 22.6 Å². The molecule has 0 unspecified atom stereocenters. The zero-order valence-electron chi connectivity index (χ0n) is 19.8. The van der Waals surface area contributed by atoms with Gasteiger partial charge in [0.25, 0.3) is 5.91 Å². The second kappa shape index (κ2) is 11.8. The van der Waals surface area contributed by atoms with Gasteiger partial charge >= 0.3 is 6.09 Å². The lowest BCUT2D eigenvalue weighted by molar-refractivity contribution is -0.121. The predicted octanol–water partition coefficient (Wildman–Crippen LogP) is 4.84. The third-order valence-electron chi connectivity index (χ3n) is 4.44. The fourth-order valence-electron chi connectivity index (χ4n) is 2.91. The Morgan fingerprint density at radius 1 is 0.829 bits per heavy atom. The molecule has 0 saturated carbocycles. The number of rotatable bonds is 8. The molecule has 0 saturated heterocycles. The minimum atomic E-state index is -0.593. The van der Waals surface area contributed by atoms with Crippen molar-refractivity contribution in [3.63, 3.8) is 0 Å². The number of hydrogen-bond donors (Lipinski definition) is 3. The summed E-state index contributed by atoms with van der Waals surface area (Å²) < 4.78 is 10.6. The van der Waals surface area contributed by atoms with Crippen molar-refractivity contribution in [1.82, 2.24) is 4.98 Å². The number of nitrogens with zero attached hydrogens (tertiary/aromatic N) is 1. The van der Waals surface area contributed by atoms with E-state index < -0.39 is 11.7 Å². The molecule has 9 nitrogen and oxygen atoms in total. The molecule has 9 heteroatoms. The number of carbonyl (C=O) groups is 3. The number of hydrogen-bond acceptors (Lipinski definition) is 6. The summed E-state index contributed by atoms with van der Waals surface area (Å²) in [5.41, 5.74) is 2.37. The molecule has 3 N–H and O–H groups in total. The van der Waals surface area contributed by atoms with Crippen molar-refractivity contribution in [2.24, 2.45) is 0 Å². The first kappa shape index (κ1) is 25.4. The fourth-order valence-corrected chi connectivity index (χ4v) is 2.91. The van der Waals surface area contributed by atoms with Crippen LogP contribution < -0.4 is 16.0 Å². The summed E-state index contributed by atoms with van der Waals surface area (Å²) in [5, 5.41) is 8.14. The van der Waals surface area contributed by atoms with E-state index in [9.17, 15) is 14.4 Å². The van der Waals surface area contributed by atoms with E-state index in [1.807, 2.05) is 6.07 Å². The normalized spacial score (nSPS) is 10.8. The van der Waals surface area contributed by atoms with Crippen LogP contribution in [0.25, 0.3) is 0 Å². The van der Waals surface area contributed by atoms with E-state index in [2.05, 4.69) is 20.9 Å². The van der Waals surface area contributed by atoms with Gasteiger partial charge in [0.15, 0.2) is 0 Å². The molecule has 3 rings (SSSR count). The summed E-state index contributed by atoms with van der Waals surface area (Å²) in [4.78, 5) is 40.4. The molecule has 35 heavy (non-hydrogen) atoms. The third kappa shape index (κ3) is 8.90. The largest absolute Gasteiger partial charge is 0.444 e. The molecule has 0 fully saturated rings. The van der Waals surface area contributed by atoms with Gasteiger partial charge in [-0.2, -0.15) is 0 Å². The van der Waals surface area contributed by atoms with E-state index in [4.69, 9.17) is 9.47 Å². The first-order valence-electron chi connectivity index (χ1n) is 11.0. The van der Waals surface area contributed by atoms with Crippen LogP contribution in [-0.2, 0) is 20.9 Å². The average Bonchev–Trinajstić information content (AvgIpc) is 2.80. The summed E-state index contributed by atoms with van der Waals surface area (Å²) >= 11 is 0. The Balaban J connectivity index is 1.45. The van der Waals surface area contributed by atoms with E-state index in [-0.39, 0.29) is 18.4 Å². The van der Waals surface area contributed by atoms with Crippen LogP contribution in [0.1, 0.15) is 36.7 Å². The Labute approximate surface area is 203 Å². The lowest BCUT2D eigenvalue weighted by Gasteiger charge is -2.19. The van der Waals surface area contributed by atoms with Gasteiger partial charge in [-0.25, -0.2) is 4.79 Å². The number of ether oxygens (including phenoxy) is 2. The molecule has 2 aromatic carbocycles. The summed E-state index contributed by atoms with van der Waals surface area (Å²) in [6.07, 6.45) is 2.79. The second-order valence-corrected chi connectivity index (χ2v) is 8.64. The van der Waals surface area contributed by atoms with E-state index in [1.165, 1.54) is 0 Å². The molecule has 0 aliphatic rings. The molecule has 0 aliphatic heterocycles. The molecule has 0 atom stereocenters. The number of pyridine rings is 1. The van der Waals surface area contributed by atoms with Gasteiger partial charge in [0, 0.05) is 35.0 Å². The van der Waals surface area contributed by atoms with Crippen LogP contribution in [0.15, 0.2) is 73.1 Å². The van der Waals surface area contributed by atoms with Gasteiger partial charge in [0.05, 0.1) is 6.61 Å². The maximum Gasteiger partial charge on any atom is 0.412 e. The van der Waals surface area contributed by atoms with Crippen LogP contribution in [0, 0.1) is 0 Å². The van der Waals surface area contributed by atoms with Crippen molar-refractivity contribution >= 4 is 35.0 Å². The van der Waals surface area contributed by atoms with Crippen molar-refractivity contribution in [3.05, 3.63) is 84.2 Å². The van der Waals surface area contributed by atoms with Crippen LogP contribution in [0.3, 0.4) is 0 Å². The Morgan fingerprint density at radius 2 is 1.43 bits per heavy atom. The van der Waals surface area contributed by atoms with Crippen LogP contribution in [0.5, 0.6) is 0 Å². The fraction of sp³-hybridized carbons (Fsp3) is 0.231. The van der Waals surface area contributed by atoms with Crippen molar-refractivity contribution in [2.45, 2.75) is 33.0 Å². The van der Waals surface area contributed by atoms with E-state index in [0.717, 1.165) is 5.56 Å². The smallest absolute Gasteiger partial charge is 0.412 e. The van der Waals surface area contributed by atoms with Gasteiger partial charge in [-0.3, -0.25) is 19.9 Å². The zero-order valence-corrected chi connectivity index (χ0v) is 19.8. The van der Waals surface area contributed by atoms with Gasteiger partial charge in [-0.15, -0.1) is 0 Å². The molecule has 1 aromatic heterocycles. The van der Waals surface area contributed by atoms with E-state index in [0.29, 0.717) is 29.2 Å². The zero-order chi connectivity index (χ0) is 25.3. The summed E-state index contributed by atoms with van der Waals surface area (Å²) in [6, 6.07) is 16.8. The molecule has 0 spiro atoms. The molecule has 0 aliphatic carbocycles. The lowest BCUT2D eigenvalue weighted by Crippen LogP contribution is -2.27. The molecule has 0 bridgehead atoms. The number of aromatic nitrogens is 1. The van der Waals surface area contributed by atoms with Gasteiger partial charge in [0.1, 0.15) is 12.2 Å². The Bertz CT molecular complexity index is 1140. The van der Waals surface area contributed by atoms with E-state index in [1.54, 1.807) is 87.8 Å². The van der Waals surface area contributed by atoms with Crippen LogP contribution in [-0.4, -0.2) is 35.1 Å². The summed E-state index contributed by atoms with van der Waals surface area (Å²) in [5.74, 6) is -0.610. The van der Waals surface area contributed by atoms with Crippen molar-refractivity contribution in [3.8, 4) is 0 Å². The average molecular weight is 477 g/mol. The first-order chi connectivity index (χ1) is 16.7. The number of amides is 3. The minimum Gasteiger partial charge on any atom is -0.444 e. The molecule has 3 amide bonds. The Hall–Kier alpha value is -4.24. The number of nitrogens with one attached hydrogen (secondary N) is 3. The van der Waals surface area contributed by atoms with Crippen molar-refractivity contribution < 1.29 is 23.9 Å². The van der Waals surface area contributed by atoms with Gasteiger partial charge in [0.2, 0.25) is 5.91 Å². The maximum atomic E-state index is 12.5. The number of carbonyl (C=O) groups excluding carboxylic acids is 3. The lowest BCUT2D eigenvalue weighted by atomic mass is 10.2. The highest BCUT2D eigenvalue weighted by atomic mass is 16.6. The van der Waals surface area contributed by atoms with Crippen LogP contribution in [0.2, 0.25) is 0 Å². The van der Waals surface area contributed by atoms with Crippen LogP contribution in [0.4, 0.5) is 21.9 Å². The van der Waals surface area contributed by atoms with Crippen molar-refractivity contribution in [1.29, 1.82) is 0 Å². The van der Waals surface area contributed by atoms with Crippen LogP contribution >= 0.6 is 0 Å². The number of anilines is 3. The number of benzene rings is 2. The third-order valence-corrected chi connectivity index (χ3v) is 4.44. The minimum absolute atomic E-state index is 0.101. The molecular formula is C26H28N4O5. The predicted molar refractivity (Wildman–Crippen MR) is 133 cm³/mol. The molecular weight excluding hydrogens is 448 g/mol. The van der Waals surface area contributed by atoms with Gasteiger partial charge < -0.3 is 20.1 Å².